The molecule has 0 N–H and O–H groups in total. The lowest BCUT2D eigenvalue weighted by atomic mass is 10.0. The summed E-state index contributed by atoms with van der Waals surface area (Å²) >= 11 is 0. The van der Waals surface area contributed by atoms with Gasteiger partial charge in [-0.15, -0.1) is 0 Å². The highest BCUT2D eigenvalue weighted by atomic mass is 16.5. The number of hydrogen-bond acceptors (Lipinski definition) is 2. The second-order valence-electron chi connectivity index (χ2n) is 9.73. The predicted octanol–water partition coefficient (Wildman–Crippen LogP) is 9.31. The van der Waals surface area contributed by atoms with Gasteiger partial charge in [0.25, 0.3) is 0 Å². The molecule has 0 fully saturated rings. The van der Waals surface area contributed by atoms with Crippen molar-refractivity contribution in [2.24, 2.45) is 0 Å². The summed E-state index contributed by atoms with van der Waals surface area (Å²) in [7, 11) is 0. The molecule has 0 aliphatic rings. The van der Waals surface area contributed by atoms with E-state index in [9.17, 15) is 0 Å². The molecule has 0 aromatic heterocycles. The maximum atomic E-state index is 5.99. The molecular weight excluding hydrogens is 416 g/mol. The Hall–Kier alpha value is -1.64. The lowest BCUT2D eigenvalue weighted by molar-refractivity contribution is -0.0269. The Morgan fingerprint density at radius 3 is 1.56 bits per heavy atom. The number of unbranched alkanes of at least 4 members (excludes halogenated alkanes) is 12. The third-order valence-corrected chi connectivity index (χ3v) is 6.68. The lowest BCUT2D eigenvalue weighted by Gasteiger charge is -2.16. The van der Waals surface area contributed by atoms with Crippen molar-refractivity contribution < 1.29 is 9.47 Å². The highest BCUT2D eigenvalue weighted by Crippen LogP contribution is 2.14. The van der Waals surface area contributed by atoms with E-state index in [0.29, 0.717) is 6.61 Å². The summed E-state index contributed by atoms with van der Waals surface area (Å²) in [5, 5.41) is 0. The Morgan fingerprint density at radius 1 is 0.559 bits per heavy atom. The topological polar surface area (TPSA) is 18.5 Å². The van der Waals surface area contributed by atoms with Crippen LogP contribution in [0.5, 0.6) is 0 Å². The Bertz CT molecular complexity index is 670. The summed E-state index contributed by atoms with van der Waals surface area (Å²) < 4.78 is 11.9. The van der Waals surface area contributed by atoms with Crippen molar-refractivity contribution in [1.82, 2.24) is 0 Å². The van der Waals surface area contributed by atoms with Crippen LogP contribution in [0.2, 0.25) is 0 Å². The molecule has 2 rings (SSSR count). The number of ether oxygens (including phenoxy) is 2. The van der Waals surface area contributed by atoms with E-state index < -0.39 is 0 Å². The van der Waals surface area contributed by atoms with Gasteiger partial charge in [0.2, 0.25) is 0 Å². The summed E-state index contributed by atoms with van der Waals surface area (Å²) in [4.78, 5) is 0. The predicted molar refractivity (Wildman–Crippen MR) is 146 cm³/mol. The van der Waals surface area contributed by atoms with E-state index in [4.69, 9.17) is 9.47 Å². The molecule has 0 saturated carbocycles. The van der Waals surface area contributed by atoms with Gasteiger partial charge in [0.15, 0.2) is 0 Å². The fourth-order valence-electron chi connectivity index (χ4n) is 4.41. The van der Waals surface area contributed by atoms with Crippen molar-refractivity contribution >= 4 is 0 Å². The third kappa shape index (κ3) is 15.3. The van der Waals surface area contributed by atoms with E-state index in [0.717, 1.165) is 19.6 Å². The van der Waals surface area contributed by atoms with Gasteiger partial charge in [-0.1, -0.05) is 138 Å². The van der Waals surface area contributed by atoms with Crippen LogP contribution in [-0.4, -0.2) is 19.3 Å². The molecule has 0 amide bonds. The maximum Gasteiger partial charge on any atom is 0.0810 e. The molecule has 2 aromatic carbocycles. The van der Waals surface area contributed by atoms with E-state index in [-0.39, 0.29) is 6.10 Å². The van der Waals surface area contributed by atoms with E-state index in [1.807, 2.05) is 6.07 Å². The van der Waals surface area contributed by atoms with Gasteiger partial charge < -0.3 is 9.47 Å². The van der Waals surface area contributed by atoms with Crippen LogP contribution >= 0.6 is 0 Å². The number of benzene rings is 2. The largest absolute Gasteiger partial charge is 0.379 e. The summed E-state index contributed by atoms with van der Waals surface area (Å²) in [5.41, 5.74) is 2.72. The second kappa shape index (κ2) is 20.7. The quantitative estimate of drug-likeness (QED) is 0.161. The van der Waals surface area contributed by atoms with Crippen LogP contribution in [0.15, 0.2) is 60.7 Å². The number of rotatable bonds is 22. The minimum atomic E-state index is 0.203. The first kappa shape index (κ1) is 28.6. The first-order chi connectivity index (χ1) is 16.9. The van der Waals surface area contributed by atoms with Gasteiger partial charge in [0.05, 0.1) is 19.3 Å². The monoisotopic (exact) mass is 466 g/mol. The van der Waals surface area contributed by atoms with Crippen LogP contribution in [0.4, 0.5) is 0 Å². The molecule has 0 bridgehead atoms. The van der Waals surface area contributed by atoms with E-state index in [2.05, 4.69) is 61.5 Å². The van der Waals surface area contributed by atoms with Gasteiger partial charge in [0.1, 0.15) is 0 Å². The van der Waals surface area contributed by atoms with Crippen LogP contribution in [-0.2, 0) is 22.5 Å². The van der Waals surface area contributed by atoms with Crippen molar-refractivity contribution in [1.29, 1.82) is 0 Å². The summed E-state index contributed by atoms with van der Waals surface area (Å²) in [6, 6.07) is 21.3. The molecule has 0 aliphatic carbocycles. The van der Waals surface area contributed by atoms with Gasteiger partial charge in [-0.25, -0.2) is 0 Å². The molecule has 0 heterocycles. The molecule has 190 valence electrons. The van der Waals surface area contributed by atoms with E-state index in [1.165, 1.54) is 101 Å². The zero-order valence-electron chi connectivity index (χ0n) is 21.9. The van der Waals surface area contributed by atoms with Crippen LogP contribution in [0, 0.1) is 0 Å². The molecule has 0 saturated heterocycles. The first-order valence-electron chi connectivity index (χ1n) is 14.2. The number of aryl methyl sites for hydroxylation is 1. The molecule has 0 radical (unpaired) electrons. The van der Waals surface area contributed by atoms with Gasteiger partial charge in [-0.05, 0) is 36.8 Å². The minimum absolute atomic E-state index is 0.203. The molecule has 0 spiro atoms. The van der Waals surface area contributed by atoms with Crippen LogP contribution < -0.4 is 0 Å². The fourth-order valence-corrected chi connectivity index (χ4v) is 4.41. The van der Waals surface area contributed by atoms with Crippen LogP contribution in [0.1, 0.15) is 108 Å². The van der Waals surface area contributed by atoms with Crippen molar-refractivity contribution in [3.63, 3.8) is 0 Å². The molecule has 2 heteroatoms. The molecule has 34 heavy (non-hydrogen) atoms. The standard InChI is InChI=1S/C32H50O2/c1-2-32(34-28-31-25-19-15-20-26-31)29-33-27-21-13-11-9-7-5-3-4-6-8-10-12-16-22-30-23-17-14-18-24-30/h14-15,17-20,23-26,32H,2-13,16,21-22,27-29H2,1H3. The van der Waals surface area contributed by atoms with Crippen molar-refractivity contribution in [3.8, 4) is 0 Å². The Balaban J connectivity index is 1.27. The summed E-state index contributed by atoms with van der Waals surface area (Å²) in [5.74, 6) is 0. The minimum Gasteiger partial charge on any atom is -0.379 e. The normalized spacial score (nSPS) is 12.1. The Labute approximate surface area is 210 Å². The molecular formula is C32H50O2. The molecule has 2 nitrogen and oxygen atoms in total. The van der Waals surface area contributed by atoms with Crippen LogP contribution in [0.25, 0.3) is 0 Å². The fraction of sp³-hybridized carbons (Fsp3) is 0.625. The highest BCUT2D eigenvalue weighted by Gasteiger charge is 2.07. The summed E-state index contributed by atoms with van der Waals surface area (Å²) in [6.45, 7) is 4.44. The maximum absolute atomic E-state index is 5.99. The number of hydrogen-bond donors (Lipinski definition) is 0. The average molecular weight is 467 g/mol. The molecule has 2 aromatic rings. The average Bonchev–Trinajstić information content (AvgIpc) is 2.89. The van der Waals surface area contributed by atoms with Crippen molar-refractivity contribution in [2.45, 2.75) is 116 Å². The Kier molecular flexibility index (Phi) is 17.4. The van der Waals surface area contributed by atoms with Gasteiger partial charge in [-0.3, -0.25) is 0 Å². The zero-order chi connectivity index (χ0) is 23.9. The lowest BCUT2D eigenvalue weighted by Crippen LogP contribution is -2.19. The van der Waals surface area contributed by atoms with Crippen molar-refractivity contribution in [3.05, 3.63) is 71.8 Å². The molecule has 1 unspecified atom stereocenters. The SMILES string of the molecule is CCC(COCCCCCCCCCCCCCCCc1ccccc1)OCc1ccccc1. The third-order valence-electron chi connectivity index (χ3n) is 6.68. The van der Waals surface area contributed by atoms with E-state index in [1.54, 1.807) is 0 Å². The Morgan fingerprint density at radius 2 is 1.03 bits per heavy atom. The second-order valence-corrected chi connectivity index (χ2v) is 9.73. The summed E-state index contributed by atoms with van der Waals surface area (Å²) in [6.07, 6.45) is 20.3. The smallest absolute Gasteiger partial charge is 0.0810 e. The van der Waals surface area contributed by atoms with Crippen molar-refractivity contribution in [2.75, 3.05) is 13.2 Å². The molecule has 1 atom stereocenters. The molecule has 0 aliphatic heterocycles. The van der Waals surface area contributed by atoms with Gasteiger partial charge in [-0.2, -0.15) is 0 Å². The van der Waals surface area contributed by atoms with Crippen LogP contribution in [0.3, 0.4) is 0 Å². The van der Waals surface area contributed by atoms with Gasteiger partial charge >= 0.3 is 0 Å². The zero-order valence-corrected chi connectivity index (χ0v) is 21.9. The van der Waals surface area contributed by atoms with E-state index >= 15 is 0 Å². The van der Waals surface area contributed by atoms with Gasteiger partial charge in [0, 0.05) is 6.61 Å². The highest BCUT2D eigenvalue weighted by molar-refractivity contribution is 5.14. The first-order valence-corrected chi connectivity index (χ1v) is 14.2.